The van der Waals surface area contributed by atoms with Crippen LogP contribution in [0.1, 0.15) is 15.9 Å². The van der Waals surface area contributed by atoms with Gasteiger partial charge in [-0.25, -0.2) is 0 Å². The lowest BCUT2D eigenvalue weighted by molar-refractivity contribution is -0.872. The molecule has 0 spiro atoms. The van der Waals surface area contributed by atoms with Crippen molar-refractivity contribution in [3.63, 3.8) is 0 Å². The van der Waals surface area contributed by atoms with Crippen molar-refractivity contribution in [3.8, 4) is 0 Å². The summed E-state index contributed by atoms with van der Waals surface area (Å²) < 4.78 is 0.852. The number of ketones is 1. The number of carbonyl (C=O) groups excluding carboxylic acids is 1. The molecule has 1 aromatic carbocycles. The van der Waals surface area contributed by atoms with Gasteiger partial charge in [-0.05, 0) is 12.0 Å². The highest BCUT2D eigenvalue weighted by Crippen LogP contribution is 2.27. The van der Waals surface area contributed by atoms with Gasteiger partial charge in [0.15, 0.2) is 5.78 Å². The van der Waals surface area contributed by atoms with E-state index in [-0.39, 0.29) is 5.92 Å². The molecule has 0 amide bonds. The minimum Gasteiger partial charge on any atom is -0.330 e. The molecule has 1 aliphatic rings. The van der Waals surface area contributed by atoms with Gasteiger partial charge in [-0.1, -0.05) is 24.3 Å². The van der Waals surface area contributed by atoms with E-state index in [1.165, 1.54) is 5.56 Å². The maximum absolute atomic E-state index is 12.1. The van der Waals surface area contributed by atoms with Crippen molar-refractivity contribution in [1.82, 2.24) is 0 Å². The smallest absolute Gasteiger partial charge is 0.172 e. The van der Waals surface area contributed by atoms with E-state index in [2.05, 4.69) is 27.2 Å². The summed E-state index contributed by atoms with van der Waals surface area (Å²) in [6.07, 6.45) is 0.921. The summed E-state index contributed by atoms with van der Waals surface area (Å²) in [6, 6.07) is 7.99. The second-order valence-corrected chi connectivity index (χ2v) is 5.40. The predicted molar refractivity (Wildman–Crippen MR) is 60.9 cm³/mol. The van der Waals surface area contributed by atoms with Crippen LogP contribution < -0.4 is 0 Å². The Kier molecular flexibility index (Phi) is 2.39. The van der Waals surface area contributed by atoms with Gasteiger partial charge in [0.1, 0.15) is 0 Å². The number of carbonyl (C=O) groups is 1. The minimum atomic E-state index is 0.183. The van der Waals surface area contributed by atoms with E-state index in [1.807, 2.05) is 18.2 Å². The highest BCUT2D eigenvalue weighted by Gasteiger charge is 2.33. The lowest BCUT2D eigenvalue weighted by atomic mass is 10.0. The molecule has 2 rings (SSSR count). The van der Waals surface area contributed by atoms with E-state index in [0.717, 1.165) is 23.0 Å². The van der Waals surface area contributed by atoms with E-state index in [0.29, 0.717) is 5.78 Å². The predicted octanol–water partition coefficient (Wildman–Crippen LogP) is 1.75. The van der Waals surface area contributed by atoms with Gasteiger partial charge >= 0.3 is 0 Å². The van der Waals surface area contributed by atoms with Crippen molar-refractivity contribution >= 4 is 5.78 Å². The van der Waals surface area contributed by atoms with Gasteiger partial charge in [0, 0.05) is 5.56 Å². The van der Waals surface area contributed by atoms with Crippen LogP contribution in [0.4, 0.5) is 0 Å². The fourth-order valence-electron chi connectivity index (χ4n) is 2.33. The Bertz CT molecular complexity index is 390. The van der Waals surface area contributed by atoms with Crippen LogP contribution >= 0.6 is 0 Å². The Morgan fingerprint density at radius 1 is 1.27 bits per heavy atom. The molecule has 0 fully saturated rings. The van der Waals surface area contributed by atoms with Crippen molar-refractivity contribution in [1.29, 1.82) is 0 Å². The first kappa shape index (κ1) is 10.4. The third-order valence-electron chi connectivity index (χ3n) is 2.89. The summed E-state index contributed by atoms with van der Waals surface area (Å²) in [5.74, 6) is 0.515. The summed E-state index contributed by atoms with van der Waals surface area (Å²) in [5, 5.41) is 0. The Morgan fingerprint density at radius 2 is 1.93 bits per heavy atom. The van der Waals surface area contributed by atoms with E-state index >= 15 is 0 Å². The lowest BCUT2D eigenvalue weighted by Crippen LogP contribution is -2.40. The number of quaternary nitrogens is 1. The average molecular weight is 204 g/mol. The molecule has 0 bridgehead atoms. The molecule has 1 aromatic rings. The zero-order chi connectivity index (χ0) is 11.1. The summed E-state index contributed by atoms with van der Waals surface area (Å²) in [4.78, 5) is 12.1. The van der Waals surface area contributed by atoms with Gasteiger partial charge in [-0.2, -0.15) is 0 Å². The molecule has 0 aliphatic heterocycles. The maximum atomic E-state index is 12.1. The number of Topliss-reactive ketones (excluding diaryl/α,β-unsaturated/α-hetero) is 1. The lowest BCUT2D eigenvalue weighted by Gasteiger charge is -2.26. The molecule has 1 atom stereocenters. The molecule has 2 heteroatoms. The van der Waals surface area contributed by atoms with Gasteiger partial charge < -0.3 is 4.48 Å². The topological polar surface area (TPSA) is 17.1 Å². The maximum Gasteiger partial charge on any atom is 0.172 e. The standard InChI is InChI=1S/C13H18NO/c1-14(2,3)9-11-8-10-6-4-5-7-12(10)13(11)15/h4-7,11H,8-9H2,1-3H3/q+1/t11-/m0/s1. The van der Waals surface area contributed by atoms with Crippen LogP contribution in [-0.2, 0) is 6.42 Å². The average Bonchev–Trinajstić information content (AvgIpc) is 2.42. The summed E-state index contributed by atoms with van der Waals surface area (Å²) in [5.41, 5.74) is 2.16. The van der Waals surface area contributed by atoms with Crippen LogP contribution in [0.2, 0.25) is 0 Å². The van der Waals surface area contributed by atoms with Gasteiger partial charge in [-0.15, -0.1) is 0 Å². The highest BCUT2D eigenvalue weighted by molar-refractivity contribution is 6.02. The van der Waals surface area contributed by atoms with E-state index in [9.17, 15) is 4.79 Å². The number of fused-ring (bicyclic) bond motifs is 1. The van der Waals surface area contributed by atoms with Crippen molar-refractivity contribution < 1.29 is 9.28 Å². The summed E-state index contributed by atoms with van der Waals surface area (Å²) >= 11 is 0. The van der Waals surface area contributed by atoms with E-state index in [4.69, 9.17) is 0 Å². The van der Waals surface area contributed by atoms with Gasteiger partial charge in [0.2, 0.25) is 0 Å². The fraction of sp³-hybridized carbons (Fsp3) is 0.462. The summed E-state index contributed by atoms with van der Waals surface area (Å²) in [7, 11) is 6.41. The Hall–Kier alpha value is -1.15. The zero-order valence-corrected chi connectivity index (χ0v) is 9.66. The second-order valence-electron chi connectivity index (χ2n) is 5.40. The molecule has 0 saturated heterocycles. The third kappa shape index (κ3) is 2.10. The number of rotatable bonds is 2. The molecule has 0 heterocycles. The Balaban J connectivity index is 2.21. The van der Waals surface area contributed by atoms with Gasteiger partial charge in [0.25, 0.3) is 0 Å². The van der Waals surface area contributed by atoms with Crippen molar-refractivity contribution in [2.45, 2.75) is 6.42 Å². The van der Waals surface area contributed by atoms with Crippen LogP contribution in [0.25, 0.3) is 0 Å². The Morgan fingerprint density at radius 3 is 2.53 bits per heavy atom. The monoisotopic (exact) mass is 204 g/mol. The van der Waals surface area contributed by atoms with Crippen LogP contribution in [0.15, 0.2) is 24.3 Å². The van der Waals surface area contributed by atoms with Crippen molar-refractivity contribution in [2.24, 2.45) is 5.92 Å². The van der Waals surface area contributed by atoms with E-state index in [1.54, 1.807) is 0 Å². The normalized spacial score (nSPS) is 20.5. The minimum absolute atomic E-state index is 0.183. The first-order valence-electron chi connectivity index (χ1n) is 5.40. The molecule has 80 valence electrons. The zero-order valence-electron chi connectivity index (χ0n) is 9.66. The molecule has 2 nitrogen and oxygen atoms in total. The van der Waals surface area contributed by atoms with E-state index < -0.39 is 0 Å². The van der Waals surface area contributed by atoms with Gasteiger partial charge in [-0.3, -0.25) is 4.79 Å². The molecule has 0 unspecified atom stereocenters. The molecule has 15 heavy (non-hydrogen) atoms. The van der Waals surface area contributed by atoms with Crippen molar-refractivity contribution in [3.05, 3.63) is 35.4 Å². The SMILES string of the molecule is C[N+](C)(C)C[C@@H]1Cc2ccccc2C1=O. The molecular weight excluding hydrogens is 186 g/mol. The number of benzene rings is 1. The molecule has 0 radical (unpaired) electrons. The molecule has 1 aliphatic carbocycles. The third-order valence-corrected chi connectivity index (χ3v) is 2.89. The second kappa shape index (κ2) is 3.46. The number of nitrogens with zero attached hydrogens (tertiary/aromatic N) is 1. The molecule has 0 aromatic heterocycles. The molecule has 0 saturated carbocycles. The number of hydrogen-bond acceptors (Lipinski definition) is 1. The number of hydrogen-bond donors (Lipinski definition) is 0. The first-order valence-corrected chi connectivity index (χ1v) is 5.40. The van der Waals surface area contributed by atoms with Crippen LogP contribution in [0, 0.1) is 5.92 Å². The van der Waals surface area contributed by atoms with Gasteiger partial charge in [0.05, 0.1) is 33.6 Å². The van der Waals surface area contributed by atoms with Crippen LogP contribution in [0.3, 0.4) is 0 Å². The van der Waals surface area contributed by atoms with Crippen LogP contribution in [0.5, 0.6) is 0 Å². The summed E-state index contributed by atoms with van der Waals surface area (Å²) in [6.45, 7) is 0.924. The quantitative estimate of drug-likeness (QED) is 0.671. The van der Waals surface area contributed by atoms with Crippen molar-refractivity contribution in [2.75, 3.05) is 27.7 Å². The molecular formula is C13H18NO+. The highest BCUT2D eigenvalue weighted by atomic mass is 16.1. The first-order chi connectivity index (χ1) is 6.97. The largest absolute Gasteiger partial charge is 0.330 e. The molecule has 0 N–H and O–H groups in total. The Labute approximate surface area is 91.1 Å². The fourth-order valence-corrected chi connectivity index (χ4v) is 2.33. The van der Waals surface area contributed by atoms with Crippen LogP contribution in [-0.4, -0.2) is 38.0 Å².